The maximum absolute atomic E-state index is 11.5. The van der Waals surface area contributed by atoms with E-state index in [0.29, 0.717) is 5.75 Å². The summed E-state index contributed by atoms with van der Waals surface area (Å²) >= 11 is 0. The fraction of sp³-hybridized carbons (Fsp3) is 0.188. The molecule has 0 spiro atoms. The summed E-state index contributed by atoms with van der Waals surface area (Å²) in [6.45, 7) is 0.117. The van der Waals surface area contributed by atoms with Crippen LogP contribution in [0.5, 0.6) is 11.5 Å². The summed E-state index contributed by atoms with van der Waals surface area (Å²) < 4.78 is 5.52. The van der Waals surface area contributed by atoms with Crippen LogP contribution in [0.4, 0.5) is 5.69 Å². The van der Waals surface area contributed by atoms with E-state index in [-0.39, 0.29) is 36.9 Å². The number of aliphatic hydroxyl groups excluding tert-OH is 1. The number of aliphatic hydroxyl groups is 1. The average Bonchev–Trinajstić information content (AvgIpc) is 2.55. The summed E-state index contributed by atoms with van der Waals surface area (Å²) in [6, 6.07) is 12.8. The molecule has 2 aromatic carbocycles. The van der Waals surface area contributed by atoms with E-state index in [0.717, 1.165) is 5.56 Å². The van der Waals surface area contributed by atoms with Crippen molar-refractivity contribution in [2.45, 2.75) is 6.42 Å². The molecule has 0 aliphatic rings. The molecule has 0 aromatic heterocycles. The number of para-hydroxylation sites is 2. The van der Waals surface area contributed by atoms with E-state index in [1.54, 1.807) is 36.4 Å². The minimum Gasteiger partial charge on any atom is -0.450 e. The molecule has 7 heteroatoms. The number of amides is 1. The molecule has 0 heterocycles. The third-order valence-electron chi connectivity index (χ3n) is 3.01. The van der Waals surface area contributed by atoms with Gasteiger partial charge in [0.1, 0.15) is 5.75 Å². The molecule has 0 saturated carbocycles. The van der Waals surface area contributed by atoms with Gasteiger partial charge in [0, 0.05) is 12.6 Å². The largest absolute Gasteiger partial charge is 0.450 e. The Morgan fingerprint density at radius 3 is 2.52 bits per heavy atom. The van der Waals surface area contributed by atoms with Gasteiger partial charge in [-0.3, -0.25) is 14.9 Å². The van der Waals surface area contributed by atoms with E-state index in [2.05, 4.69) is 5.32 Å². The maximum Gasteiger partial charge on any atom is 0.311 e. The third-order valence-corrected chi connectivity index (χ3v) is 3.01. The SMILES string of the molecule is O=C(Cc1ccc(Oc2ccccc2[N+](=O)[O-])cc1)NCCO. The van der Waals surface area contributed by atoms with Crippen LogP contribution in [0.1, 0.15) is 5.56 Å². The van der Waals surface area contributed by atoms with Crippen LogP contribution in [0, 0.1) is 10.1 Å². The fourth-order valence-corrected chi connectivity index (χ4v) is 1.94. The number of nitro groups is 1. The zero-order chi connectivity index (χ0) is 16.7. The van der Waals surface area contributed by atoms with E-state index < -0.39 is 4.92 Å². The van der Waals surface area contributed by atoms with Gasteiger partial charge in [0.25, 0.3) is 0 Å². The van der Waals surface area contributed by atoms with Crippen LogP contribution in [0.3, 0.4) is 0 Å². The van der Waals surface area contributed by atoms with Gasteiger partial charge in [-0.2, -0.15) is 0 Å². The summed E-state index contributed by atoms with van der Waals surface area (Å²) in [7, 11) is 0. The predicted molar refractivity (Wildman–Crippen MR) is 83.4 cm³/mol. The molecule has 0 aliphatic carbocycles. The lowest BCUT2D eigenvalue weighted by Gasteiger charge is -2.07. The molecule has 0 saturated heterocycles. The summed E-state index contributed by atoms with van der Waals surface area (Å²) in [4.78, 5) is 22.0. The van der Waals surface area contributed by atoms with Crippen LogP contribution in [-0.2, 0) is 11.2 Å². The Morgan fingerprint density at radius 2 is 1.87 bits per heavy atom. The number of nitrogens with zero attached hydrogens (tertiary/aromatic N) is 1. The molecule has 2 aromatic rings. The molecule has 0 bridgehead atoms. The number of hydrogen-bond donors (Lipinski definition) is 2. The minimum absolute atomic E-state index is 0.103. The Hall–Kier alpha value is -2.93. The summed E-state index contributed by atoms with van der Waals surface area (Å²) in [5.74, 6) is 0.413. The number of rotatable bonds is 7. The van der Waals surface area contributed by atoms with Crippen molar-refractivity contribution in [3.05, 3.63) is 64.2 Å². The van der Waals surface area contributed by atoms with Gasteiger partial charge in [0.15, 0.2) is 0 Å². The van der Waals surface area contributed by atoms with Gasteiger partial charge < -0.3 is 15.2 Å². The molecule has 0 atom stereocenters. The second-order valence-electron chi connectivity index (χ2n) is 4.72. The van der Waals surface area contributed by atoms with E-state index in [1.807, 2.05) is 0 Å². The highest BCUT2D eigenvalue weighted by Gasteiger charge is 2.14. The van der Waals surface area contributed by atoms with E-state index in [1.165, 1.54) is 12.1 Å². The second kappa shape index (κ2) is 7.90. The molecule has 23 heavy (non-hydrogen) atoms. The lowest BCUT2D eigenvalue weighted by atomic mass is 10.1. The molecule has 1 amide bonds. The van der Waals surface area contributed by atoms with E-state index >= 15 is 0 Å². The number of ether oxygens (including phenoxy) is 1. The molecule has 0 radical (unpaired) electrons. The minimum atomic E-state index is -0.505. The van der Waals surface area contributed by atoms with Gasteiger partial charge in [-0.05, 0) is 23.8 Å². The van der Waals surface area contributed by atoms with Crippen molar-refractivity contribution in [2.24, 2.45) is 0 Å². The number of hydrogen-bond acceptors (Lipinski definition) is 5. The lowest BCUT2D eigenvalue weighted by Crippen LogP contribution is -2.27. The van der Waals surface area contributed by atoms with Crippen LogP contribution < -0.4 is 10.1 Å². The molecule has 120 valence electrons. The average molecular weight is 316 g/mol. The van der Waals surface area contributed by atoms with Crippen molar-refractivity contribution in [1.82, 2.24) is 5.32 Å². The number of carbonyl (C=O) groups is 1. The zero-order valence-electron chi connectivity index (χ0n) is 12.3. The fourth-order valence-electron chi connectivity index (χ4n) is 1.94. The molecule has 7 nitrogen and oxygen atoms in total. The second-order valence-corrected chi connectivity index (χ2v) is 4.72. The molecule has 2 rings (SSSR count). The van der Waals surface area contributed by atoms with Gasteiger partial charge in [0.05, 0.1) is 18.0 Å². The highest BCUT2D eigenvalue weighted by molar-refractivity contribution is 5.78. The molecular formula is C16H16N2O5. The molecule has 2 N–H and O–H groups in total. The summed E-state index contributed by atoms with van der Waals surface area (Å²) in [5.41, 5.74) is 0.662. The Morgan fingerprint density at radius 1 is 1.17 bits per heavy atom. The Balaban J connectivity index is 2.03. The lowest BCUT2D eigenvalue weighted by molar-refractivity contribution is -0.385. The highest BCUT2D eigenvalue weighted by Crippen LogP contribution is 2.30. The highest BCUT2D eigenvalue weighted by atomic mass is 16.6. The van der Waals surface area contributed by atoms with Crippen LogP contribution in [0.15, 0.2) is 48.5 Å². The van der Waals surface area contributed by atoms with Crippen LogP contribution >= 0.6 is 0 Å². The Kier molecular flexibility index (Phi) is 5.65. The van der Waals surface area contributed by atoms with Crippen molar-refractivity contribution in [1.29, 1.82) is 0 Å². The maximum atomic E-state index is 11.5. The molecule has 0 aliphatic heterocycles. The zero-order valence-corrected chi connectivity index (χ0v) is 12.3. The summed E-state index contributed by atoms with van der Waals surface area (Å²) in [6.07, 6.45) is 0.186. The first-order chi connectivity index (χ1) is 11.1. The Labute approximate surface area is 132 Å². The normalized spacial score (nSPS) is 10.1. The topological polar surface area (TPSA) is 102 Å². The van der Waals surface area contributed by atoms with Crippen molar-refractivity contribution in [3.8, 4) is 11.5 Å². The molecular weight excluding hydrogens is 300 g/mol. The number of nitrogens with one attached hydrogen (secondary N) is 1. The van der Waals surface area contributed by atoms with Crippen molar-refractivity contribution < 1.29 is 19.6 Å². The van der Waals surface area contributed by atoms with Gasteiger partial charge in [-0.1, -0.05) is 24.3 Å². The number of carbonyl (C=O) groups excluding carboxylic acids is 1. The molecule has 0 fully saturated rings. The molecule has 0 unspecified atom stereocenters. The standard InChI is InChI=1S/C16H16N2O5/c19-10-9-17-16(20)11-12-5-7-13(8-6-12)23-15-4-2-1-3-14(15)18(21)22/h1-8,19H,9-11H2,(H,17,20). The van der Waals surface area contributed by atoms with E-state index in [9.17, 15) is 14.9 Å². The quantitative estimate of drug-likeness (QED) is 0.601. The first kappa shape index (κ1) is 16.4. The third kappa shape index (κ3) is 4.79. The van der Waals surface area contributed by atoms with Gasteiger partial charge in [-0.25, -0.2) is 0 Å². The first-order valence-corrected chi connectivity index (χ1v) is 6.98. The van der Waals surface area contributed by atoms with Crippen molar-refractivity contribution in [2.75, 3.05) is 13.2 Å². The van der Waals surface area contributed by atoms with E-state index in [4.69, 9.17) is 9.84 Å². The van der Waals surface area contributed by atoms with Crippen molar-refractivity contribution >= 4 is 11.6 Å². The van der Waals surface area contributed by atoms with Gasteiger partial charge >= 0.3 is 5.69 Å². The predicted octanol–water partition coefficient (Wildman–Crippen LogP) is 2.04. The van der Waals surface area contributed by atoms with Gasteiger partial charge in [0.2, 0.25) is 11.7 Å². The number of benzene rings is 2. The first-order valence-electron chi connectivity index (χ1n) is 6.98. The van der Waals surface area contributed by atoms with Gasteiger partial charge in [-0.15, -0.1) is 0 Å². The van der Waals surface area contributed by atoms with Crippen LogP contribution in [0.2, 0.25) is 0 Å². The Bertz CT molecular complexity index is 685. The van der Waals surface area contributed by atoms with Crippen LogP contribution in [0.25, 0.3) is 0 Å². The smallest absolute Gasteiger partial charge is 0.311 e. The number of nitro benzene ring substituents is 1. The van der Waals surface area contributed by atoms with Crippen LogP contribution in [-0.4, -0.2) is 29.1 Å². The van der Waals surface area contributed by atoms with Crippen molar-refractivity contribution in [3.63, 3.8) is 0 Å². The monoisotopic (exact) mass is 316 g/mol. The summed E-state index contributed by atoms with van der Waals surface area (Å²) in [5, 5.41) is 22.1.